The summed E-state index contributed by atoms with van der Waals surface area (Å²) in [7, 11) is 1.56. The smallest absolute Gasteiger partial charge is 0.255 e. The van der Waals surface area contributed by atoms with Gasteiger partial charge in [0.25, 0.3) is 5.91 Å². The number of fused-ring (bicyclic) bond motifs is 1. The van der Waals surface area contributed by atoms with E-state index in [1.54, 1.807) is 42.1 Å². The summed E-state index contributed by atoms with van der Waals surface area (Å²) in [5.74, 6) is 1.60. The summed E-state index contributed by atoms with van der Waals surface area (Å²) in [5.41, 5.74) is 3.55. The molecule has 1 aliphatic rings. The second kappa shape index (κ2) is 10.2. The van der Waals surface area contributed by atoms with E-state index in [4.69, 9.17) is 9.84 Å². The van der Waals surface area contributed by atoms with Crippen LogP contribution in [0.1, 0.15) is 24.1 Å². The lowest BCUT2D eigenvalue weighted by molar-refractivity contribution is -0.113. The maximum atomic E-state index is 13.6. The zero-order valence-corrected chi connectivity index (χ0v) is 20.6. The van der Waals surface area contributed by atoms with E-state index in [0.29, 0.717) is 45.1 Å². The molecule has 0 saturated carbocycles. The van der Waals surface area contributed by atoms with E-state index in [0.717, 1.165) is 0 Å². The Morgan fingerprint density at radius 2 is 1.89 bits per heavy atom. The highest BCUT2D eigenvalue weighted by Gasteiger charge is 2.34. The number of nitrogens with zero attached hydrogens (tertiary/aromatic N) is 3. The molecular formula is C27H25N5O3S. The Bertz CT molecular complexity index is 1430. The molecule has 0 unspecified atom stereocenters. The van der Waals surface area contributed by atoms with Crippen LogP contribution in [-0.2, 0) is 10.5 Å². The molecule has 182 valence electrons. The number of thioether (sulfide) groups is 1. The number of benzene rings is 3. The average Bonchev–Trinajstić information content (AvgIpc) is 3.29. The molecule has 0 aliphatic carbocycles. The van der Waals surface area contributed by atoms with E-state index in [-0.39, 0.29) is 11.7 Å². The lowest BCUT2D eigenvalue weighted by Gasteiger charge is -2.28. The summed E-state index contributed by atoms with van der Waals surface area (Å²) in [6.45, 7) is 1.84. The van der Waals surface area contributed by atoms with Crippen molar-refractivity contribution in [1.29, 1.82) is 0 Å². The van der Waals surface area contributed by atoms with E-state index in [1.165, 1.54) is 17.3 Å². The molecular weight excluding hydrogens is 474 g/mol. The van der Waals surface area contributed by atoms with Gasteiger partial charge in [-0.1, -0.05) is 66.4 Å². The molecule has 5 rings (SSSR count). The van der Waals surface area contributed by atoms with Crippen LogP contribution in [0, 0.1) is 0 Å². The number of phenols is 1. The number of allylic oxidation sites excluding steroid dienone is 1. The highest BCUT2D eigenvalue weighted by Crippen LogP contribution is 2.38. The fourth-order valence-electron chi connectivity index (χ4n) is 4.15. The summed E-state index contributed by atoms with van der Waals surface area (Å²) in [5, 5.41) is 21.7. The number of hydrogen-bond donors (Lipinski definition) is 3. The van der Waals surface area contributed by atoms with Gasteiger partial charge < -0.3 is 20.5 Å². The number of amides is 1. The molecule has 1 atom stereocenters. The van der Waals surface area contributed by atoms with Crippen LogP contribution in [0.5, 0.6) is 11.5 Å². The van der Waals surface area contributed by atoms with Crippen molar-refractivity contribution in [1.82, 2.24) is 14.8 Å². The first-order valence-corrected chi connectivity index (χ1v) is 12.4. The molecule has 2 heterocycles. The van der Waals surface area contributed by atoms with Crippen molar-refractivity contribution in [2.24, 2.45) is 0 Å². The first-order chi connectivity index (χ1) is 17.5. The minimum Gasteiger partial charge on any atom is -0.508 e. The molecule has 8 nitrogen and oxygen atoms in total. The SMILES string of the molecule is COc1ccccc1NC(=O)C1=C(C)Nc2nc(SCc3ccccc3)nn2[C@H]1c1cccc(O)c1. The molecule has 0 bridgehead atoms. The van der Waals surface area contributed by atoms with E-state index in [2.05, 4.69) is 27.8 Å². The molecule has 0 fully saturated rings. The van der Waals surface area contributed by atoms with Gasteiger partial charge in [0.05, 0.1) is 18.4 Å². The summed E-state index contributed by atoms with van der Waals surface area (Å²) in [4.78, 5) is 18.3. The molecule has 3 N–H and O–H groups in total. The number of carbonyl (C=O) groups excluding carboxylic acids is 1. The van der Waals surface area contributed by atoms with Gasteiger partial charge in [-0.2, -0.15) is 4.98 Å². The predicted octanol–water partition coefficient (Wildman–Crippen LogP) is 5.21. The van der Waals surface area contributed by atoms with Crippen molar-refractivity contribution in [2.75, 3.05) is 17.7 Å². The zero-order valence-electron chi connectivity index (χ0n) is 19.8. The normalized spacial score (nSPS) is 14.7. The second-order valence-electron chi connectivity index (χ2n) is 8.25. The highest BCUT2D eigenvalue weighted by molar-refractivity contribution is 7.98. The lowest BCUT2D eigenvalue weighted by atomic mass is 9.95. The van der Waals surface area contributed by atoms with Gasteiger partial charge in [0.2, 0.25) is 11.1 Å². The van der Waals surface area contributed by atoms with Gasteiger partial charge in [-0.25, -0.2) is 4.68 Å². The van der Waals surface area contributed by atoms with Crippen molar-refractivity contribution in [3.05, 3.63) is 101 Å². The third-order valence-corrected chi connectivity index (χ3v) is 6.74. The number of carbonyl (C=O) groups is 1. The molecule has 4 aromatic rings. The van der Waals surface area contributed by atoms with Crippen molar-refractivity contribution in [2.45, 2.75) is 23.9 Å². The molecule has 9 heteroatoms. The van der Waals surface area contributed by atoms with Gasteiger partial charge in [0.15, 0.2) is 0 Å². The van der Waals surface area contributed by atoms with Crippen LogP contribution in [0.25, 0.3) is 0 Å². The summed E-state index contributed by atoms with van der Waals surface area (Å²) in [6.07, 6.45) is 0. The van der Waals surface area contributed by atoms with Crippen LogP contribution < -0.4 is 15.4 Å². The lowest BCUT2D eigenvalue weighted by Crippen LogP contribution is -2.31. The number of ether oxygens (including phenoxy) is 1. The van der Waals surface area contributed by atoms with Gasteiger partial charge in [0, 0.05) is 11.4 Å². The highest BCUT2D eigenvalue weighted by atomic mass is 32.2. The van der Waals surface area contributed by atoms with Crippen molar-refractivity contribution >= 4 is 29.3 Å². The number of phenolic OH excluding ortho intramolecular Hbond substituents is 1. The summed E-state index contributed by atoms with van der Waals surface area (Å²) in [6, 6.07) is 23.6. The molecule has 0 spiro atoms. The molecule has 0 radical (unpaired) electrons. The quantitative estimate of drug-likeness (QED) is 0.300. The largest absolute Gasteiger partial charge is 0.508 e. The van der Waals surface area contributed by atoms with Gasteiger partial charge >= 0.3 is 0 Å². The zero-order chi connectivity index (χ0) is 25.1. The van der Waals surface area contributed by atoms with Crippen LogP contribution in [0.4, 0.5) is 11.6 Å². The number of aromatic nitrogens is 3. The van der Waals surface area contributed by atoms with Gasteiger partial charge in [-0.3, -0.25) is 4.79 Å². The maximum absolute atomic E-state index is 13.6. The van der Waals surface area contributed by atoms with E-state index in [9.17, 15) is 9.90 Å². The van der Waals surface area contributed by atoms with Crippen molar-refractivity contribution < 1.29 is 14.6 Å². The van der Waals surface area contributed by atoms with Crippen molar-refractivity contribution in [3.8, 4) is 11.5 Å². The monoisotopic (exact) mass is 499 g/mol. The number of para-hydroxylation sites is 2. The summed E-state index contributed by atoms with van der Waals surface area (Å²) < 4.78 is 7.10. The number of nitrogens with one attached hydrogen (secondary N) is 2. The van der Waals surface area contributed by atoms with Crippen LogP contribution >= 0.6 is 11.8 Å². The van der Waals surface area contributed by atoms with Crippen LogP contribution in [0.15, 0.2) is 95.3 Å². The first kappa shape index (κ1) is 23.5. The molecule has 3 aromatic carbocycles. The van der Waals surface area contributed by atoms with Crippen LogP contribution in [0.3, 0.4) is 0 Å². The molecule has 0 saturated heterocycles. The third-order valence-electron chi connectivity index (χ3n) is 5.83. The molecule has 1 aromatic heterocycles. The Labute approximate surface area is 213 Å². The Morgan fingerprint density at radius 3 is 2.67 bits per heavy atom. The number of anilines is 2. The topological polar surface area (TPSA) is 101 Å². The Kier molecular flexibility index (Phi) is 6.64. The third kappa shape index (κ3) is 4.78. The fourth-order valence-corrected chi connectivity index (χ4v) is 4.93. The minimum absolute atomic E-state index is 0.105. The number of rotatable bonds is 7. The Balaban J connectivity index is 1.51. The number of methoxy groups -OCH3 is 1. The fraction of sp³-hybridized carbons (Fsp3) is 0.148. The Hall–Kier alpha value is -4.24. The van der Waals surface area contributed by atoms with Crippen molar-refractivity contribution in [3.63, 3.8) is 0 Å². The van der Waals surface area contributed by atoms with E-state index in [1.807, 2.05) is 43.3 Å². The van der Waals surface area contributed by atoms with Gasteiger partial charge in [-0.05, 0) is 42.3 Å². The first-order valence-electron chi connectivity index (χ1n) is 11.4. The minimum atomic E-state index is -0.596. The molecule has 1 amide bonds. The number of hydrogen-bond acceptors (Lipinski definition) is 7. The maximum Gasteiger partial charge on any atom is 0.255 e. The average molecular weight is 500 g/mol. The van der Waals surface area contributed by atoms with Gasteiger partial charge in [0.1, 0.15) is 17.5 Å². The summed E-state index contributed by atoms with van der Waals surface area (Å²) >= 11 is 1.52. The van der Waals surface area contributed by atoms with E-state index >= 15 is 0 Å². The second-order valence-corrected chi connectivity index (χ2v) is 9.19. The standard InChI is InChI=1S/C27H25N5O3S/c1-17-23(25(34)29-21-13-6-7-14-22(21)35-2)24(19-11-8-12-20(33)15-19)32-26(28-17)30-27(31-32)36-16-18-9-4-3-5-10-18/h3-15,24,33H,16H2,1-2H3,(H,29,34)(H,28,30,31)/t24-/m0/s1. The predicted molar refractivity (Wildman–Crippen MR) is 140 cm³/mol. The number of aromatic hydroxyl groups is 1. The molecule has 1 aliphatic heterocycles. The van der Waals surface area contributed by atoms with Crippen LogP contribution in [0.2, 0.25) is 0 Å². The van der Waals surface area contributed by atoms with E-state index < -0.39 is 6.04 Å². The van der Waals surface area contributed by atoms with Crippen LogP contribution in [-0.4, -0.2) is 32.9 Å². The Morgan fingerprint density at radius 1 is 1.11 bits per heavy atom. The molecule has 36 heavy (non-hydrogen) atoms. The van der Waals surface area contributed by atoms with Gasteiger partial charge in [-0.15, -0.1) is 5.10 Å².